The van der Waals surface area contributed by atoms with Crippen molar-refractivity contribution in [2.75, 3.05) is 0 Å². The summed E-state index contributed by atoms with van der Waals surface area (Å²) in [6.07, 6.45) is 0.942. The lowest BCUT2D eigenvalue weighted by Gasteiger charge is -2.31. The van der Waals surface area contributed by atoms with Gasteiger partial charge in [-0.1, -0.05) is 31.2 Å². The van der Waals surface area contributed by atoms with Gasteiger partial charge in [-0.3, -0.25) is 0 Å². The van der Waals surface area contributed by atoms with Gasteiger partial charge in [-0.2, -0.15) is 0 Å². The van der Waals surface area contributed by atoms with E-state index in [1.807, 2.05) is 52.0 Å². The van der Waals surface area contributed by atoms with Gasteiger partial charge in [0.25, 0.3) is 0 Å². The molecule has 18 heavy (non-hydrogen) atoms. The molecule has 0 aromatic heterocycles. The number of hydrogen-bond donors (Lipinski definition) is 0. The standard InChI is InChI=1S/C16H24O2/c1-7-16(6,17-13(4)5)18-15-10-8-14(9-11-15)12(2)3/h8-11,13H,2,7H2,1,3-6H3. The van der Waals surface area contributed by atoms with E-state index in [2.05, 4.69) is 13.5 Å². The van der Waals surface area contributed by atoms with E-state index in [9.17, 15) is 0 Å². The lowest BCUT2D eigenvalue weighted by atomic mass is 10.1. The van der Waals surface area contributed by atoms with Gasteiger partial charge in [0.05, 0.1) is 6.10 Å². The molecule has 1 unspecified atom stereocenters. The quantitative estimate of drug-likeness (QED) is 0.682. The summed E-state index contributed by atoms with van der Waals surface area (Å²) in [5, 5.41) is 0. The van der Waals surface area contributed by atoms with Crippen molar-refractivity contribution in [3.8, 4) is 5.75 Å². The van der Waals surface area contributed by atoms with E-state index >= 15 is 0 Å². The van der Waals surface area contributed by atoms with Gasteiger partial charge in [-0.15, -0.1) is 0 Å². The number of ether oxygens (including phenoxy) is 2. The van der Waals surface area contributed by atoms with Crippen LogP contribution in [0.4, 0.5) is 0 Å². The zero-order chi connectivity index (χ0) is 13.8. The second-order valence-corrected chi connectivity index (χ2v) is 5.06. The molecule has 0 bridgehead atoms. The topological polar surface area (TPSA) is 18.5 Å². The Bertz CT molecular complexity index is 392. The molecule has 1 rings (SSSR count). The van der Waals surface area contributed by atoms with Crippen molar-refractivity contribution >= 4 is 5.57 Å². The molecule has 0 saturated heterocycles. The first kappa shape index (κ1) is 14.8. The average molecular weight is 248 g/mol. The zero-order valence-corrected chi connectivity index (χ0v) is 12.1. The molecule has 0 N–H and O–H groups in total. The second kappa shape index (κ2) is 6.05. The number of rotatable bonds is 6. The first-order valence-electron chi connectivity index (χ1n) is 6.49. The Morgan fingerprint density at radius 1 is 1.28 bits per heavy atom. The molecule has 1 aromatic carbocycles. The van der Waals surface area contributed by atoms with Crippen molar-refractivity contribution in [1.29, 1.82) is 0 Å². The molecule has 1 aromatic rings. The predicted octanol–water partition coefficient (Wildman–Crippen LogP) is 4.65. The summed E-state index contributed by atoms with van der Waals surface area (Å²) >= 11 is 0. The summed E-state index contributed by atoms with van der Waals surface area (Å²) in [6, 6.07) is 7.95. The van der Waals surface area contributed by atoms with Crippen LogP contribution in [0.25, 0.3) is 5.57 Å². The number of allylic oxidation sites excluding steroid dienone is 1. The molecule has 0 aliphatic rings. The number of hydrogen-bond acceptors (Lipinski definition) is 2. The molecular weight excluding hydrogens is 224 g/mol. The van der Waals surface area contributed by atoms with Gasteiger partial charge >= 0.3 is 0 Å². The van der Waals surface area contributed by atoms with E-state index < -0.39 is 5.79 Å². The van der Waals surface area contributed by atoms with Crippen LogP contribution in [0.1, 0.15) is 46.6 Å². The Labute approximate surface area is 111 Å². The summed E-state index contributed by atoms with van der Waals surface area (Å²) in [6.45, 7) is 14.0. The van der Waals surface area contributed by atoms with E-state index in [-0.39, 0.29) is 6.10 Å². The molecule has 1 atom stereocenters. The van der Waals surface area contributed by atoms with Crippen molar-refractivity contribution in [2.45, 2.75) is 52.9 Å². The third-order valence-electron chi connectivity index (χ3n) is 2.81. The van der Waals surface area contributed by atoms with E-state index in [0.717, 1.165) is 23.3 Å². The zero-order valence-electron chi connectivity index (χ0n) is 12.1. The Balaban J connectivity index is 2.79. The summed E-state index contributed by atoms with van der Waals surface area (Å²) in [4.78, 5) is 0. The van der Waals surface area contributed by atoms with Gasteiger partial charge in [-0.05, 0) is 38.5 Å². The Morgan fingerprint density at radius 2 is 1.83 bits per heavy atom. The van der Waals surface area contributed by atoms with Crippen LogP contribution in [0.2, 0.25) is 0 Å². The van der Waals surface area contributed by atoms with Gasteiger partial charge in [0.15, 0.2) is 0 Å². The lowest BCUT2D eigenvalue weighted by molar-refractivity contribution is -0.193. The molecule has 0 aliphatic carbocycles. The van der Waals surface area contributed by atoms with Crippen LogP contribution < -0.4 is 4.74 Å². The van der Waals surface area contributed by atoms with Crippen molar-refractivity contribution in [3.05, 3.63) is 36.4 Å². The third-order valence-corrected chi connectivity index (χ3v) is 2.81. The molecule has 0 heterocycles. The van der Waals surface area contributed by atoms with Gasteiger partial charge < -0.3 is 9.47 Å². The maximum atomic E-state index is 5.94. The maximum absolute atomic E-state index is 5.94. The van der Waals surface area contributed by atoms with E-state index in [1.165, 1.54) is 0 Å². The fourth-order valence-corrected chi connectivity index (χ4v) is 1.73. The first-order chi connectivity index (χ1) is 8.36. The monoisotopic (exact) mass is 248 g/mol. The van der Waals surface area contributed by atoms with Crippen LogP contribution in [0.3, 0.4) is 0 Å². The molecule has 2 heteroatoms. The highest BCUT2D eigenvalue weighted by atomic mass is 16.7. The van der Waals surface area contributed by atoms with Gasteiger partial charge in [0.1, 0.15) is 5.75 Å². The Morgan fingerprint density at radius 3 is 2.22 bits per heavy atom. The smallest absolute Gasteiger partial charge is 0.207 e. The van der Waals surface area contributed by atoms with Crippen LogP contribution in [-0.4, -0.2) is 11.9 Å². The minimum absolute atomic E-state index is 0.143. The number of benzene rings is 1. The Hall–Kier alpha value is -1.28. The molecule has 0 aliphatic heterocycles. The lowest BCUT2D eigenvalue weighted by Crippen LogP contribution is -2.37. The van der Waals surface area contributed by atoms with Gasteiger partial charge in [0.2, 0.25) is 5.79 Å². The SMILES string of the molecule is C=C(C)c1ccc(OC(C)(CC)OC(C)C)cc1. The van der Waals surface area contributed by atoms with Crippen LogP contribution >= 0.6 is 0 Å². The van der Waals surface area contributed by atoms with Gasteiger partial charge in [0, 0.05) is 13.3 Å². The highest BCUT2D eigenvalue weighted by Gasteiger charge is 2.26. The average Bonchev–Trinajstić information content (AvgIpc) is 2.28. The van der Waals surface area contributed by atoms with E-state index in [0.29, 0.717) is 0 Å². The van der Waals surface area contributed by atoms with Crippen molar-refractivity contribution in [1.82, 2.24) is 0 Å². The highest BCUT2D eigenvalue weighted by Crippen LogP contribution is 2.25. The third kappa shape index (κ3) is 4.19. The van der Waals surface area contributed by atoms with Crippen molar-refractivity contribution in [3.63, 3.8) is 0 Å². The molecule has 100 valence electrons. The second-order valence-electron chi connectivity index (χ2n) is 5.06. The molecule has 2 nitrogen and oxygen atoms in total. The summed E-state index contributed by atoms with van der Waals surface area (Å²) in [5.74, 6) is 0.254. The predicted molar refractivity (Wildman–Crippen MR) is 76.7 cm³/mol. The largest absolute Gasteiger partial charge is 0.463 e. The summed E-state index contributed by atoms with van der Waals surface area (Å²) < 4.78 is 11.8. The summed E-state index contributed by atoms with van der Waals surface area (Å²) in [5.41, 5.74) is 2.18. The van der Waals surface area contributed by atoms with Gasteiger partial charge in [-0.25, -0.2) is 0 Å². The molecule has 0 amide bonds. The maximum Gasteiger partial charge on any atom is 0.207 e. The van der Waals surface area contributed by atoms with E-state index in [4.69, 9.17) is 9.47 Å². The van der Waals surface area contributed by atoms with Crippen LogP contribution in [0.5, 0.6) is 5.75 Å². The van der Waals surface area contributed by atoms with Crippen LogP contribution in [0.15, 0.2) is 30.8 Å². The van der Waals surface area contributed by atoms with Crippen molar-refractivity contribution < 1.29 is 9.47 Å². The Kier molecular flexibility index (Phi) is 4.97. The fourth-order valence-electron chi connectivity index (χ4n) is 1.73. The molecule has 0 fully saturated rings. The highest BCUT2D eigenvalue weighted by molar-refractivity contribution is 5.61. The minimum atomic E-state index is -0.571. The molecule has 0 radical (unpaired) electrons. The fraction of sp³-hybridized carbons (Fsp3) is 0.500. The van der Waals surface area contributed by atoms with Crippen molar-refractivity contribution in [2.24, 2.45) is 0 Å². The summed E-state index contributed by atoms with van der Waals surface area (Å²) in [7, 11) is 0. The molecule has 0 saturated carbocycles. The van der Waals surface area contributed by atoms with E-state index in [1.54, 1.807) is 0 Å². The van der Waals surface area contributed by atoms with Crippen LogP contribution in [0, 0.1) is 0 Å². The first-order valence-corrected chi connectivity index (χ1v) is 6.49. The molecule has 0 spiro atoms. The molecular formula is C16H24O2. The minimum Gasteiger partial charge on any atom is -0.463 e. The normalized spacial score (nSPS) is 14.3. The van der Waals surface area contributed by atoms with Crippen LogP contribution in [-0.2, 0) is 4.74 Å².